The molecule has 130 valence electrons. The first-order valence-corrected chi connectivity index (χ1v) is 8.23. The van der Waals surface area contributed by atoms with Crippen LogP contribution in [0, 0.1) is 0 Å². The van der Waals surface area contributed by atoms with Gasteiger partial charge in [0.2, 0.25) is 5.91 Å². The van der Waals surface area contributed by atoms with Gasteiger partial charge in [-0.05, 0) is 18.9 Å². The molecule has 0 radical (unpaired) electrons. The summed E-state index contributed by atoms with van der Waals surface area (Å²) in [6.07, 6.45) is 3.02. The second kappa shape index (κ2) is 8.37. The normalized spacial score (nSPS) is 14.8. The first-order valence-electron chi connectivity index (χ1n) is 7.48. The molecule has 0 spiro atoms. The maximum atomic E-state index is 12.2. The molecule has 0 bridgehead atoms. The SMILES string of the molecule is NC(=O)C=C(C(=O)OCCO)c1ccc(Cl)c(N2CCCC2)c1Cl. The Morgan fingerprint density at radius 1 is 1.29 bits per heavy atom. The van der Waals surface area contributed by atoms with Crippen molar-refractivity contribution >= 4 is 46.3 Å². The summed E-state index contributed by atoms with van der Waals surface area (Å²) in [6, 6.07) is 3.16. The Morgan fingerprint density at radius 2 is 1.96 bits per heavy atom. The summed E-state index contributed by atoms with van der Waals surface area (Å²) in [5.74, 6) is -1.60. The number of aliphatic hydroxyl groups excluding tert-OH is 1. The van der Waals surface area contributed by atoms with Crippen molar-refractivity contribution in [3.05, 3.63) is 33.8 Å². The minimum absolute atomic E-state index is 0.0712. The molecular formula is C16H18Cl2N2O4. The molecule has 1 aromatic carbocycles. The first-order chi connectivity index (χ1) is 11.5. The van der Waals surface area contributed by atoms with Crippen LogP contribution in [0.25, 0.3) is 5.57 Å². The minimum atomic E-state index is -0.806. The van der Waals surface area contributed by atoms with Crippen molar-refractivity contribution in [3.63, 3.8) is 0 Å². The van der Waals surface area contributed by atoms with E-state index in [1.165, 1.54) is 0 Å². The van der Waals surface area contributed by atoms with Crippen LogP contribution in [-0.4, -0.2) is 43.3 Å². The van der Waals surface area contributed by atoms with Gasteiger partial charge in [-0.25, -0.2) is 4.79 Å². The summed E-state index contributed by atoms with van der Waals surface area (Å²) in [7, 11) is 0. The third-order valence-corrected chi connectivity index (χ3v) is 4.30. The van der Waals surface area contributed by atoms with Gasteiger partial charge in [0.25, 0.3) is 0 Å². The zero-order valence-electron chi connectivity index (χ0n) is 12.9. The van der Waals surface area contributed by atoms with E-state index in [2.05, 4.69) is 0 Å². The molecule has 1 aliphatic rings. The molecule has 1 saturated heterocycles. The molecule has 1 fully saturated rings. The predicted octanol–water partition coefficient (Wildman–Crippen LogP) is 2.00. The van der Waals surface area contributed by atoms with Gasteiger partial charge in [-0.2, -0.15) is 0 Å². The summed E-state index contributed by atoms with van der Waals surface area (Å²) in [5.41, 5.74) is 6.05. The number of nitrogens with zero attached hydrogens (tertiary/aromatic N) is 1. The number of halogens is 2. The Morgan fingerprint density at radius 3 is 2.54 bits per heavy atom. The van der Waals surface area contributed by atoms with Gasteiger partial charge >= 0.3 is 5.97 Å². The lowest BCUT2D eigenvalue weighted by Crippen LogP contribution is -2.20. The number of benzene rings is 1. The third kappa shape index (κ3) is 4.20. The van der Waals surface area contributed by atoms with Crippen molar-refractivity contribution in [2.24, 2.45) is 5.73 Å². The average molecular weight is 373 g/mol. The van der Waals surface area contributed by atoms with E-state index < -0.39 is 11.9 Å². The van der Waals surface area contributed by atoms with Gasteiger partial charge in [-0.1, -0.05) is 29.3 Å². The standard InChI is InChI=1S/C16H18Cl2N2O4/c17-12-4-3-10(14(18)15(12)20-5-1-2-6-20)11(9-13(19)22)16(23)24-8-7-21/h3-4,9,21H,1-2,5-8H2,(H2,19,22). The predicted molar refractivity (Wildman–Crippen MR) is 93.1 cm³/mol. The highest BCUT2D eigenvalue weighted by Gasteiger charge is 2.24. The van der Waals surface area contributed by atoms with E-state index in [0.717, 1.165) is 32.0 Å². The number of primary amides is 1. The lowest BCUT2D eigenvalue weighted by atomic mass is 10.0. The largest absolute Gasteiger partial charge is 0.460 e. The number of rotatable bonds is 6. The van der Waals surface area contributed by atoms with E-state index in [9.17, 15) is 9.59 Å². The zero-order chi connectivity index (χ0) is 17.7. The molecule has 6 nitrogen and oxygen atoms in total. The molecule has 0 aliphatic carbocycles. The molecular weight excluding hydrogens is 355 g/mol. The van der Waals surface area contributed by atoms with Crippen molar-refractivity contribution in [1.29, 1.82) is 0 Å². The maximum Gasteiger partial charge on any atom is 0.339 e. The molecule has 1 heterocycles. The molecule has 1 aliphatic heterocycles. The third-order valence-electron chi connectivity index (χ3n) is 3.61. The molecule has 8 heteroatoms. The number of carbonyl (C=O) groups excluding carboxylic acids is 2. The number of anilines is 1. The number of nitrogens with two attached hydrogens (primary N) is 1. The number of aliphatic hydroxyl groups is 1. The van der Waals surface area contributed by atoms with Crippen LogP contribution in [0.1, 0.15) is 18.4 Å². The van der Waals surface area contributed by atoms with Gasteiger partial charge in [-0.3, -0.25) is 4.79 Å². The van der Waals surface area contributed by atoms with Gasteiger partial charge in [-0.15, -0.1) is 0 Å². The van der Waals surface area contributed by atoms with Crippen molar-refractivity contribution in [1.82, 2.24) is 0 Å². The molecule has 0 saturated carbocycles. The highest BCUT2D eigenvalue weighted by atomic mass is 35.5. The second-order valence-electron chi connectivity index (χ2n) is 5.27. The first kappa shape index (κ1) is 18.6. The summed E-state index contributed by atoms with van der Waals surface area (Å²) in [6.45, 7) is 1.10. The molecule has 3 N–H and O–H groups in total. The Kier molecular flexibility index (Phi) is 6.48. The smallest absolute Gasteiger partial charge is 0.339 e. The Hall–Kier alpha value is -1.76. The number of ether oxygens (including phenoxy) is 1. The number of amides is 1. The van der Waals surface area contributed by atoms with Crippen LogP contribution < -0.4 is 10.6 Å². The van der Waals surface area contributed by atoms with Gasteiger partial charge in [0.15, 0.2) is 0 Å². The van der Waals surface area contributed by atoms with Crippen molar-refractivity contribution in [3.8, 4) is 0 Å². The summed E-state index contributed by atoms with van der Waals surface area (Å²) in [5, 5.41) is 9.52. The Bertz CT molecular complexity index is 670. The molecule has 0 unspecified atom stereocenters. The monoisotopic (exact) mass is 372 g/mol. The van der Waals surface area contributed by atoms with Crippen molar-refractivity contribution < 1.29 is 19.4 Å². The van der Waals surface area contributed by atoms with Crippen LogP contribution in [0.15, 0.2) is 18.2 Å². The molecule has 1 aromatic rings. The maximum absolute atomic E-state index is 12.2. The molecule has 2 rings (SSSR count). The summed E-state index contributed by atoms with van der Waals surface area (Å²) in [4.78, 5) is 25.5. The highest BCUT2D eigenvalue weighted by molar-refractivity contribution is 6.41. The Labute approximate surface area is 149 Å². The highest BCUT2D eigenvalue weighted by Crippen LogP contribution is 2.40. The van der Waals surface area contributed by atoms with Gasteiger partial charge in [0, 0.05) is 24.7 Å². The van der Waals surface area contributed by atoms with Gasteiger partial charge < -0.3 is 20.5 Å². The van der Waals surface area contributed by atoms with E-state index in [1.807, 2.05) is 4.90 Å². The fourth-order valence-corrected chi connectivity index (χ4v) is 3.30. The van der Waals surface area contributed by atoms with Crippen LogP contribution >= 0.6 is 23.2 Å². The van der Waals surface area contributed by atoms with Crippen molar-refractivity contribution in [2.45, 2.75) is 12.8 Å². The number of carbonyl (C=O) groups is 2. The molecule has 0 atom stereocenters. The molecule has 0 aromatic heterocycles. The topological polar surface area (TPSA) is 92.9 Å². The van der Waals surface area contributed by atoms with Crippen LogP contribution in [0.2, 0.25) is 10.0 Å². The fraction of sp³-hybridized carbons (Fsp3) is 0.375. The quantitative estimate of drug-likeness (QED) is 0.588. The van der Waals surface area contributed by atoms with E-state index >= 15 is 0 Å². The van der Waals surface area contributed by atoms with Crippen molar-refractivity contribution in [2.75, 3.05) is 31.2 Å². The fourth-order valence-electron chi connectivity index (χ4n) is 2.58. The van der Waals surface area contributed by atoms with Crippen LogP contribution in [0.3, 0.4) is 0 Å². The number of hydrogen-bond donors (Lipinski definition) is 2. The lowest BCUT2D eigenvalue weighted by molar-refractivity contribution is -0.137. The van der Waals surface area contributed by atoms with Crippen LogP contribution in [-0.2, 0) is 14.3 Å². The van der Waals surface area contributed by atoms with Crippen LogP contribution in [0.5, 0.6) is 0 Å². The van der Waals surface area contributed by atoms with Gasteiger partial charge in [0.05, 0.1) is 27.9 Å². The van der Waals surface area contributed by atoms with Crippen LogP contribution in [0.4, 0.5) is 5.69 Å². The van der Waals surface area contributed by atoms with E-state index in [0.29, 0.717) is 16.3 Å². The van der Waals surface area contributed by atoms with Gasteiger partial charge in [0.1, 0.15) is 6.61 Å². The lowest BCUT2D eigenvalue weighted by Gasteiger charge is -2.22. The van der Waals surface area contributed by atoms with E-state index in [-0.39, 0.29) is 23.8 Å². The second-order valence-corrected chi connectivity index (χ2v) is 6.06. The molecule has 24 heavy (non-hydrogen) atoms. The number of hydrogen-bond acceptors (Lipinski definition) is 5. The molecule has 1 amide bonds. The Balaban J connectivity index is 2.48. The summed E-state index contributed by atoms with van der Waals surface area (Å²) >= 11 is 12.7. The number of esters is 1. The average Bonchev–Trinajstić information content (AvgIpc) is 3.05. The van der Waals surface area contributed by atoms with E-state index in [1.54, 1.807) is 12.1 Å². The summed E-state index contributed by atoms with van der Waals surface area (Å²) < 4.78 is 4.89. The minimum Gasteiger partial charge on any atom is -0.460 e. The van der Waals surface area contributed by atoms with E-state index in [4.69, 9.17) is 38.8 Å². The zero-order valence-corrected chi connectivity index (χ0v) is 14.4.